The molecule has 134 valence electrons. The molecule has 0 aromatic heterocycles. The molecule has 0 bridgehead atoms. The maximum atomic E-state index is 6.45. The number of benzene rings is 1. The van der Waals surface area contributed by atoms with Gasteiger partial charge < -0.3 is 4.74 Å². The Morgan fingerprint density at radius 1 is 1.04 bits per heavy atom. The van der Waals surface area contributed by atoms with Crippen molar-refractivity contribution in [3.05, 3.63) is 29.8 Å². The maximum absolute atomic E-state index is 6.45. The first-order chi connectivity index (χ1) is 11.3. The summed E-state index contributed by atoms with van der Waals surface area (Å²) in [5, 5.41) is 2.24. The third-order valence-electron chi connectivity index (χ3n) is 5.47. The Kier molecular flexibility index (Phi) is 4.94. The Balaban J connectivity index is 1.63. The van der Waals surface area contributed by atoms with Crippen molar-refractivity contribution in [1.82, 2.24) is 5.06 Å². The minimum atomic E-state index is 0.0409. The molecule has 3 nitrogen and oxygen atoms in total. The molecule has 1 atom stereocenters. The minimum Gasteiger partial charge on any atom is -0.493 e. The summed E-state index contributed by atoms with van der Waals surface area (Å²) in [5.41, 5.74) is 1.35. The zero-order valence-corrected chi connectivity index (χ0v) is 16.0. The normalized spacial score (nSPS) is 24.5. The van der Waals surface area contributed by atoms with Crippen molar-refractivity contribution < 1.29 is 9.57 Å². The van der Waals surface area contributed by atoms with Crippen LogP contribution in [0.15, 0.2) is 24.3 Å². The van der Waals surface area contributed by atoms with E-state index < -0.39 is 0 Å². The Hall–Kier alpha value is -1.06. The van der Waals surface area contributed by atoms with Crippen molar-refractivity contribution in [3.63, 3.8) is 0 Å². The van der Waals surface area contributed by atoms with Crippen LogP contribution in [-0.4, -0.2) is 22.7 Å². The van der Waals surface area contributed by atoms with Gasteiger partial charge in [-0.1, -0.05) is 12.1 Å². The van der Waals surface area contributed by atoms with Crippen LogP contribution in [0, 0.1) is 5.92 Å². The summed E-state index contributed by atoms with van der Waals surface area (Å²) in [5.74, 6) is 1.76. The van der Waals surface area contributed by atoms with Crippen molar-refractivity contribution in [3.8, 4) is 5.75 Å². The first-order valence-corrected chi connectivity index (χ1v) is 9.48. The number of rotatable bonds is 6. The highest BCUT2D eigenvalue weighted by Gasteiger charge is 2.43. The molecule has 1 heterocycles. The smallest absolute Gasteiger partial charge is 0.119 e. The lowest BCUT2D eigenvalue weighted by molar-refractivity contribution is -0.304. The van der Waals surface area contributed by atoms with E-state index >= 15 is 0 Å². The summed E-state index contributed by atoms with van der Waals surface area (Å²) in [7, 11) is 0. The SMILES string of the molecule is CC(ON1C(C)(C)CCCC1(C)C)c1ccc(OCC2CC2)cc1. The van der Waals surface area contributed by atoms with Crippen LogP contribution in [0.25, 0.3) is 0 Å². The molecule has 1 aromatic rings. The summed E-state index contributed by atoms with van der Waals surface area (Å²) in [6.45, 7) is 12.2. The molecule has 2 fully saturated rings. The summed E-state index contributed by atoms with van der Waals surface area (Å²) in [6.07, 6.45) is 6.31. The molecule has 0 spiro atoms. The van der Waals surface area contributed by atoms with E-state index in [-0.39, 0.29) is 17.2 Å². The van der Waals surface area contributed by atoms with Gasteiger partial charge in [0.25, 0.3) is 0 Å². The van der Waals surface area contributed by atoms with E-state index in [1.54, 1.807) is 0 Å². The molecular weight excluding hydrogens is 298 g/mol. The molecule has 1 saturated carbocycles. The van der Waals surface area contributed by atoms with E-state index in [0.29, 0.717) is 0 Å². The summed E-state index contributed by atoms with van der Waals surface area (Å²) in [4.78, 5) is 6.45. The predicted molar refractivity (Wildman–Crippen MR) is 98.0 cm³/mol. The highest BCUT2D eigenvalue weighted by Crippen LogP contribution is 2.40. The second-order valence-electron chi connectivity index (χ2n) is 8.84. The fourth-order valence-electron chi connectivity index (χ4n) is 3.81. The van der Waals surface area contributed by atoms with Crippen LogP contribution in [0.3, 0.4) is 0 Å². The molecule has 1 aliphatic carbocycles. The van der Waals surface area contributed by atoms with Crippen molar-refractivity contribution in [2.24, 2.45) is 5.92 Å². The second-order valence-corrected chi connectivity index (χ2v) is 8.84. The van der Waals surface area contributed by atoms with Crippen molar-refractivity contribution in [2.45, 2.75) is 83.9 Å². The largest absolute Gasteiger partial charge is 0.493 e. The van der Waals surface area contributed by atoms with E-state index in [4.69, 9.17) is 9.57 Å². The van der Waals surface area contributed by atoms with Gasteiger partial charge in [-0.05, 0) is 90.3 Å². The predicted octanol–water partition coefficient (Wildman–Crippen LogP) is 5.51. The molecule has 0 N–H and O–H groups in total. The van der Waals surface area contributed by atoms with Gasteiger partial charge in [-0.15, -0.1) is 0 Å². The zero-order valence-electron chi connectivity index (χ0n) is 16.0. The average molecular weight is 332 g/mol. The quantitative estimate of drug-likeness (QED) is 0.686. The third kappa shape index (κ3) is 4.12. The molecule has 2 aliphatic rings. The Morgan fingerprint density at radius 3 is 2.17 bits per heavy atom. The van der Waals surface area contributed by atoms with Crippen LogP contribution in [0.1, 0.15) is 78.4 Å². The maximum Gasteiger partial charge on any atom is 0.119 e. The molecule has 3 rings (SSSR count). The Morgan fingerprint density at radius 2 is 1.62 bits per heavy atom. The van der Waals surface area contributed by atoms with Gasteiger partial charge in [0.15, 0.2) is 0 Å². The number of ether oxygens (including phenoxy) is 1. The van der Waals surface area contributed by atoms with E-state index in [9.17, 15) is 0 Å². The molecule has 1 aromatic carbocycles. The lowest BCUT2D eigenvalue weighted by atomic mass is 9.82. The standard InChI is InChI=1S/C21H33NO2/c1-16(24-22-20(2,3)13-6-14-21(22,4)5)18-9-11-19(12-10-18)23-15-17-7-8-17/h9-12,16-17H,6-8,13-15H2,1-5H3. The minimum absolute atomic E-state index is 0.0409. The number of hydrogen-bond acceptors (Lipinski definition) is 3. The van der Waals surface area contributed by atoms with E-state index in [1.165, 1.54) is 37.7 Å². The van der Waals surface area contributed by atoms with Gasteiger partial charge in [-0.25, -0.2) is 0 Å². The average Bonchev–Trinajstić information content (AvgIpc) is 3.33. The van der Waals surface area contributed by atoms with Gasteiger partial charge in [0.2, 0.25) is 0 Å². The number of hydrogen-bond donors (Lipinski definition) is 0. The van der Waals surface area contributed by atoms with Gasteiger partial charge >= 0.3 is 0 Å². The topological polar surface area (TPSA) is 21.7 Å². The van der Waals surface area contributed by atoms with Crippen molar-refractivity contribution >= 4 is 0 Å². The fraction of sp³-hybridized carbons (Fsp3) is 0.714. The summed E-state index contributed by atoms with van der Waals surface area (Å²) < 4.78 is 5.83. The molecular formula is C21H33NO2. The first-order valence-electron chi connectivity index (χ1n) is 9.48. The van der Waals surface area contributed by atoms with Crippen molar-refractivity contribution in [2.75, 3.05) is 6.61 Å². The molecule has 1 saturated heterocycles. The molecule has 3 heteroatoms. The lowest BCUT2D eigenvalue weighted by Crippen LogP contribution is -2.58. The highest BCUT2D eigenvalue weighted by atomic mass is 16.7. The Bertz CT molecular complexity index is 529. The van der Waals surface area contributed by atoms with Gasteiger partial charge in [0.05, 0.1) is 6.61 Å². The molecule has 1 unspecified atom stereocenters. The van der Waals surface area contributed by atoms with Crippen LogP contribution < -0.4 is 4.74 Å². The van der Waals surface area contributed by atoms with Gasteiger partial charge in [-0.2, -0.15) is 5.06 Å². The van der Waals surface area contributed by atoms with E-state index in [1.807, 2.05) is 0 Å². The highest BCUT2D eigenvalue weighted by molar-refractivity contribution is 5.28. The lowest BCUT2D eigenvalue weighted by Gasteiger charge is -2.52. The van der Waals surface area contributed by atoms with Gasteiger partial charge in [0.1, 0.15) is 11.9 Å². The monoisotopic (exact) mass is 331 g/mol. The number of nitrogens with zero attached hydrogens (tertiary/aromatic N) is 1. The zero-order chi connectivity index (χ0) is 17.4. The molecule has 1 aliphatic heterocycles. The summed E-state index contributed by atoms with van der Waals surface area (Å²) in [6, 6.07) is 8.42. The summed E-state index contributed by atoms with van der Waals surface area (Å²) >= 11 is 0. The van der Waals surface area contributed by atoms with Crippen LogP contribution in [0.4, 0.5) is 0 Å². The van der Waals surface area contributed by atoms with Gasteiger partial charge in [0, 0.05) is 11.1 Å². The van der Waals surface area contributed by atoms with Crippen LogP contribution >= 0.6 is 0 Å². The van der Waals surface area contributed by atoms with Crippen LogP contribution in [0.2, 0.25) is 0 Å². The van der Waals surface area contributed by atoms with Crippen molar-refractivity contribution in [1.29, 1.82) is 0 Å². The molecule has 0 radical (unpaired) electrons. The van der Waals surface area contributed by atoms with E-state index in [2.05, 4.69) is 63.9 Å². The molecule has 24 heavy (non-hydrogen) atoms. The second kappa shape index (κ2) is 6.68. The first kappa shape index (κ1) is 17.8. The third-order valence-corrected chi connectivity index (χ3v) is 5.47. The van der Waals surface area contributed by atoms with Crippen LogP contribution in [0.5, 0.6) is 5.75 Å². The van der Waals surface area contributed by atoms with E-state index in [0.717, 1.165) is 18.3 Å². The number of piperidine rings is 1. The van der Waals surface area contributed by atoms with Crippen LogP contribution in [-0.2, 0) is 4.84 Å². The fourth-order valence-corrected chi connectivity index (χ4v) is 3.81. The van der Waals surface area contributed by atoms with Gasteiger partial charge in [-0.3, -0.25) is 4.84 Å². The molecule has 0 amide bonds. The number of hydroxylamine groups is 2. The Labute approximate surface area is 147 Å².